The second-order valence-corrected chi connectivity index (χ2v) is 6.73. The van der Waals surface area contributed by atoms with E-state index in [4.69, 9.17) is 14.5 Å². The second-order valence-electron chi connectivity index (χ2n) is 6.73. The van der Waals surface area contributed by atoms with Crippen molar-refractivity contribution in [1.82, 2.24) is 20.0 Å². The lowest BCUT2D eigenvalue weighted by atomic mass is 10.1. The maximum atomic E-state index is 5.95. The Labute approximate surface area is 161 Å². The van der Waals surface area contributed by atoms with Crippen LogP contribution in [0.25, 0.3) is 0 Å². The molecule has 27 heavy (non-hydrogen) atoms. The lowest BCUT2D eigenvalue weighted by Crippen LogP contribution is -2.48. The predicted octanol–water partition coefficient (Wildman–Crippen LogP) is 2.28. The minimum absolute atomic E-state index is 0.00998. The minimum atomic E-state index is 0.00998. The molecular formula is C20H29N5O2. The summed E-state index contributed by atoms with van der Waals surface area (Å²) >= 11 is 0. The summed E-state index contributed by atoms with van der Waals surface area (Å²) in [6.45, 7) is 7.81. The van der Waals surface area contributed by atoms with Crippen molar-refractivity contribution < 1.29 is 9.47 Å². The third-order valence-corrected chi connectivity index (χ3v) is 4.68. The average Bonchev–Trinajstić information content (AvgIpc) is 3.12. The maximum Gasteiger partial charge on any atom is 0.194 e. The first-order valence-electron chi connectivity index (χ1n) is 9.37. The van der Waals surface area contributed by atoms with E-state index in [-0.39, 0.29) is 6.10 Å². The molecule has 7 heteroatoms. The standard InChI is InChI=1S/C20H29N5O2/c1-5-21-20(22-11-16-7-6-15(2)18(10-16)26-4)25-8-9-27-19(14-25)17-12-23-24(3)13-17/h6-7,10,12-13,19H,5,8-9,11,14H2,1-4H3,(H,21,22). The summed E-state index contributed by atoms with van der Waals surface area (Å²) in [6.07, 6.45) is 3.89. The summed E-state index contributed by atoms with van der Waals surface area (Å²) in [7, 11) is 3.62. The normalized spacial score (nSPS) is 17.9. The molecule has 1 saturated heterocycles. The Morgan fingerprint density at radius 1 is 1.44 bits per heavy atom. The van der Waals surface area contributed by atoms with Gasteiger partial charge in [-0.2, -0.15) is 5.10 Å². The highest BCUT2D eigenvalue weighted by atomic mass is 16.5. The number of nitrogens with zero attached hydrogens (tertiary/aromatic N) is 4. The number of aryl methyl sites for hydroxylation is 2. The highest BCUT2D eigenvalue weighted by molar-refractivity contribution is 5.80. The first kappa shape index (κ1) is 19.2. The summed E-state index contributed by atoms with van der Waals surface area (Å²) in [6, 6.07) is 6.23. The Kier molecular flexibility index (Phi) is 6.34. The molecule has 1 fully saturated rings. The summed E-state index contributed by atoms with van der Waals surface area (Å²) in [4.78, 5) is 7.11. The van der Waals surface area contributed by atoms with Gasteiger partial charge in [0.05, 0.1) is 33.0 Å². The Balaban J connectivity index is 1.72. The van der Waals surface area contributed by atoms with Crippen LogP contribution >= 0.6 is 0 Å². The number of hydrogen-bond donors (Lipinski definition) is 1. The summed E-state index contributed by atoms with van der Waals surface area (Å²) in [5, 5.41) is 7.67. The molecule has 1 N–H and O–H groups in total. The Hall–Kier alpha value is -2.54. The molecule has 0 bridgehead atoms. The number of hydrogen-bond acceptors (Lipinski definition) is 4. The van der Waals surface area contributed by atoms with E-state index in [0.29, 0.717) is 13.2 Å². The number of nitrogens with one attached hydrogen (secondary N) is 1. The van der Waals surface area contributed by atoms with E-state index in [0.717, 1.165) is 48.0 Å². The number of morpholine rings is 1. The van der Waals surface area contributed by atoms with Gasteiger partial charge < -0.3 is 19.7 Å². The van der Waals surface area contributed by atoms with Crippen LogP contribution in [0.5, 0.6) is 5.75 Å². The maximum absolute atomic E-state index is 5.95. The van der Waals surface area contributed by atoms with E-state index in [1.54, 1.807) is 7.11 Å². The fourth-order valence-electron chi connectivity index (χ4n) is 3.20. The van der Waals surface area contributed by atoms with E-state index in [1.807, 2.05) is 31.0 Å². The third kappa shape index (κ3) is 4.80. The van der Waals surface area contributed by atoms with Crippen molar-refractivity contribution >= 4 is 5.96 Å². The number of aliphatic imine (C=N–C) groups is 1. The van der Waals surface area contributed by atoms with Gasteiger partial charge in [-0.15, -0.1) is 0 Å². The van der Waals surface area contributed by atoms with Crippen LogP contribution in [-0.2, 0) is 18.3 Å². The average molecular weight is 371 g/mol. The topological polar surface area (TPSA) is 63.9 Å². The van der Waals surface area contributed by atoms with Crippen molar-refractivity contribution in [2.75, 3.05) is 33.4 Å². The van der Waals surface area contributed by atoms with Crippen LogP contribution in [0.15, 0.2) is 35.6 Å². The van der Waals surface area contributed by atoms with E-state index in [9.17, 15) is 0 Å². The van der Waals surface area contributed by atoms with E-state index >= 15 is 0 Å². The smallest absolute Gasteiger partial charge is 0.194 e. The van der Waals surface area contributed by atoms with Gasteiger partial charge in [-0.1, -0.05) is 12.1 Å². The fourth-order valence-corrected chi connectivity index (χ4v) is 3.20. The molecule has 1 aromatic heterocycles. The SMILES string of the molecule is CCNC(=NCc1ccc(C)c(OC)c1)N1CCOC(c2cnn(C)c2)C1. The largest absolute Gasteiger partial charge is 0.496 e. The minimum Gasteiger partial charge on any atom is -0.496 e. The van der Waals surface area contributed by atoms with Gasteiger partial charge in [0.1, 0.15) is 11.9 Å². The molecule has 2 heterocycles. The molecule has 0 amide bonds. The van der Waals surface area contributed by atoms with Crippen LogP contribution < -0.4 is 10.1 Å². The van der Waals surface area contributed by atoms with E-state index in [1.165, 1.54) is 0 Å². The van der Waals surface area contributed by atoms with Crippen molar-refractivity contribution in [1.29, 1.82) is 0 Å². The first-order chi connectivity index (χ1) is 13.1. The molecular weight excluding hydrogens is 342 g/mol. The molecule has 1 atom stereocenters. The number of methoxy groups -OCH3 is 1. The van der Waals surface area contributed by atoms with Crippen molar-refractivity contribution in [3.8, 4) is 5.75 Å². The van der Waals surface area contributed by atoms with Crippen molar-refractivity contribution in [2.24, 2.45) is 12.0 Å². The number of benzene rings is 1. The van der Waals surface area contributed by atoms with Crippen molar-refractivity contribution in [3.63, 3.8) is 0 Å². The van der Waals surface area contributed by atoms with Crippen LogP contribution in [-0.4, -0.2) is 54.0 Å². The van der Waals surface area contributed by atoms with Gasteiger partial charge in [0.25, 0.3) is 0 Å². The van der Waals surface area contributed by atoms with Gasteiger partial charge in [-0.25, -0.2) is 4.99 Å². The zero-order chi connectivity index (χ0) is 19.2. The molecule has 1 aliphatic rings. The molecule has 1 unspecified atom stereocenters. The summed E-state index contributed by atoms with van der Waals surface area (Å²) < 4.78 is 13.2. The highest BCUT2D eigenvalue weighted by Crippen LogP contribution is 2.22. The monoisotopic (exact) mass is 371 g/mol. The molecule has 0 radical (unpaired) electrons. The number of ether oxygens (including phenoxy) is 2. The lowest BCUT2D eigenvalue weighted by molar-refractivity contribution is -0.00805. The predicted molar refractivity (Wildman–Crippen MR) is 106 cm³/mol. The molecule has 7 nitrogen and oxygen atoms in total. The van der Waals surface area contributed by atoms with Crippen LogP contribution in [0.1, 0.15) is 29.7 Å². The zero-order valence-electron chi connectivity index (χ0n) is 16.6. The molecule has 0 aliphatic carbocycles. The molecule has 146 valence electrons. The Morgan fingerprint density at radius 2 is 2.30 bits per heavy atom. The Morgan fingerprint density at radius 3 is 3.00 bits per heavy atom. The van der Waals surface area contributed by atoms with Gasteiger partial charge in [0.15, 0.2) is 5.96 Å². The fraction of sp³-hybridized carbons (Fsp3) is 0.500. The molecule has 1 aliphatic heterocycles. The molecule has 0 spiro atoms. The highest BCUT2D eigenvalue weighted by Gasteiger charge is 2.25. The lowest BCUT2D eigenvalue weighted by Gasteiger charge is -2.34. The van der Waals surface area contributed by atoms with Crippen LogP contribution in [0.2, 0.25) is 0 Å². The van der Waals surface area contributed by atoms with Gasteiger partial charge in [-0.3, -0.25) is 4.68 Å². The molecule has 0 saturated carbocycles. The van der Waals surface area contributed by atoms with Crippen molar-refractivity contribution in [3.05, 3.63) is 47.3 Å². The summed E-state index contributed by atoms with van der Waals surface area (Å²) in [5.41, 5.74) is 3.36. The quantitative estimate of drug-likeness (QED) is 0.645. The number of rotatable bonds is 5. The van der Waals surface area contributed by atoms with Gasteiger partial charge in [-0.05, 0) is 31.0 Å². The van der Waals surface area contributed by atoms with Crippen LogP contribution in [0.4, 0.5) is 0 Å². The van der Waals surface area contributed by atoms with Gasteiger partial charge in [0, 0.05) is 31.9 Å². The van der Waals surface area contributed by atoms with E-state index < -0.39 is 0 Å². The van der Waals surface area contributed by atoms with Crippen molar-refractivity contribution in [2.45, 2.75) is 26.5 Å². The number of guanidine groups is 1. The number of aromatic nitrogens is 2. The molecule has 1 aromatic carbocycles. The second kappa shape index (κ2) is 8.90. The molecule has 3 rings (SSSR count). The summed E-state index contributed by atoms with van der Waals surface area (Å²) in [5.74, 6) is 1.81. The van der Waals surface area contributed by atoms with Crippen LogP contribution in [0, 0.1) is 6.92 Å². The molecule has 2 aromatic rings. The van der Waals surface area contributed by atoms with Crippen LogP contribution in [0.3, 0.4) is 0 Å². The van der Waals surface area contributed by atoms with Gasteiger partial charge >= 0.3 is 0 Å². The first-order valence-corrected chi connectivity index (χ1v) is 9.37. The van der Waals surface area contributed by atoms with Gasteiger partial charge in [0.2, 0.25) is 0 Å². The third-order valence-electron chi connectivity index (χ3n) is 4.68. The zero-order valence-corrected chi connectivity index (χ0v) is 16.6. The Bertz CT molecular complexity index is 786. The van der Waals surface area contributed by atoms with E-state index in [2.05, 4.69) is 40.4 Å².